The number of hydrogen-bond acceptors (Lipinski definition) is 12. The smallest absolute Gasteiger partial charge is 0.246 e. The van der Waals surface area contributed by atoms with E-state index in [0.29, 0.717) is 6.42 Å². The Hall–Kier alpha value is -6.13. The molecule has 3 unspecified atom stereocenters. The van der Waals surface area contributed by atoms with Crippen LogP contribution < -0.4 is 21.3 Å². The van der Waals surface area contributed by atoms with Gasteiger partial charge in [0.2, 0.25) is 65.0 Å². The molecular weight excluding hydrogens is 1070 g/mol. The molecule has 0 aliphatic carbocycles. The third-order valence-corrected chi connectivity index (χ3v) is 15.6. The van der Waals surface area contributed by atoms with E-state index >= 15 is 9.59 Å². The maximum atomic E-state index is 15.1. The minimum atomic E-state index is -1.61. The third kappa shape index (κ3) is 21.2. The maximum Gasteiger partial charge on any atom is 0.246 e. The lowest BCUT2D eigenvalue weighted by Gasteiger charge is -2.41. The van der Waals surface area contributed by atoms with E-state index < -0.39 is 150 Å². The molecule has 11 amide bonds. The van der Waals surface area contributed by atoms with Crippen molar-refractivity contribution in [1.29, 1.82) is 0 Å². The van der Waals surface area contributed by atoms with E-state index in [1.165, 1.54) is 94.6 Å². The number of hydrogen-bond donors (Lipinski definition) is 5. The molecule has 0 saturated carbocycles. The van der Waals surface area contributed by atoms with Gasteiger partial charge in [-0.1, -0.05) is 95.2 Å². The van der Waals surface area contributed by atoms with Crippen LogP contribution in [0.25, 0.3) is 0 Å². The minimum Gasteiger partial charge on any atom is -0.390 e. The molecule has 1 rings (SSSR count). The highest BCUT2D eigenvalue weighted by molar-refractivity contribution is 5.99. The first-order valence-corrected chi connectivity index (χ1v) is 29.7. The quantitative estimate of drug-likeness (QED) is 0.157. The number of nitrogens with one attached hydrogen (secondary N) is 4. The van der Waals surface area contributed by atoms with E-state index in [9.17, 15) is 48.3 Å². The summed E-state index contributed by atoms with van der Waals surface area (Å²) in [6.07, 6.45) is 3.05. The topological polar surface area (TPSA) is 279 Å². The van der Waals surface area contributed by atoms with Crippen molar-refractivity contribution in [2.45, 2.75) is 216 Å². The Morgan fingerprint density at radius 2 is 0.831 bits per heavy atom. The number of rotatable bonds is 14. The monoisotopic (exact) mass is 1170 g/mol. The highest BCUT2D eigenvalue weighted by Gasteiger charge is 2.45. The molecule has 474 valence electrons. The van der Waals surface area contributed by atoms with Crippen molar-refractivity contribution in [3.8, 4) is 0 Å². The Bertz CT molecular complexity index is 2270. The van der Waals surface area contributed by atoms with Gasteiger partial charge in [0.1, 0.15) is 60.4 Å². The normalized spacial score (nSPS) is 27.2. The molecule has 0 bridgehead atoms. The Balaban J connectivity index is 4.25. The molecule has 0 radical (unpaired) electrons. The highest BCUT2D eigenvalue weighted by Crippen LogP contribution is 2.25. The molecule has 83 heavy (non-hydrogen) atoms. The second kappa shape index (κ2) is 34.0. The molecule has 12 atom stereocenters. The molecule has 1 aliphatic heterocycles. The Morgan fingerprint density at radius 1 is 0.458 bits per heavy atom. The summed E-state index contributed by atoms with van der Waals surface area (Å²) in [7, 11) is 9.86. The molecule has 1 aliphatic rings. The maximum absolute atomic E-state index is 15.1. The summed E-state index contributed by atoms with van der Waals surface area (Å²) in [5.74, 6) is -9.23. The van der Waals surface area contributed by atoms with Crippen LogP contribution in [0, 0.1) is 35.5 Å². The van der Waals surface area contributed by atoms with Crippen LogP contribution in [-0.2, 0) is 52.7 Å². The average Bonchev–Trinajstić information content (AvgIpc) is 3.61. The van der Waals surface area contributed by atoms with Gasteiger partial charge in [-0.3, -0.25) is 52.7 Å². The predicted molar refractivity (Wildman–Crippen MR) is 319 cm³/mol. The van der Waals surface area contributed by atoms with Gasteiger partial charge in [0.15, 0.2) is 0 Å². The summed E-state index contributed by atoms with van der Waals surface area (Å²) in [5.41, 5.74) is 0. The van der Waals surface area contributed by atoms with Gasteiger partial charge in [-0.2, -0.15) is 0 Å². The average molecular weight is 1170 g/mol. The molecule has 1 heterocycles. The Morgan fingerprint density at radius 3 is 1.25 bits per heavy atom. The number of nitrogens with zero attached hydrogens (tertiary/aromatic N) is 7. The van der Waals surface area contributed by atoms with Gasteiger partial charge >= 0.3 is 0 Å². The van der Waals surface area contributed by atoms with Crippen LogP contribution in [0.1, 0.15) is 149 Å². The molecular formula is C60H107N11O12. The van der Waals surface area contributed by atoms with Crippen LogP contribution in [-0.4, -0.2) is 227 Å². The van der Waals surface area contributed by atoms with E-state index in [-0.39, 0.29) is 55.8 Å². The standard InChI is InChI=1S/C60H107N11O12/c1-24-26-27-38(13)50(73)49-54(77)64-42(25-2)57(80)65(17)32-47(72)66(18)43(28-33(3)4)52(75)63-41(16)55(78)67(19)44(29-34(5)6)53(76)61-39(14)51(74)62-40(15)56(79)68(20)45(30-35(7)8)58(81)69(21)46(31-36(9)10)59(82)70(22)48(37(11)12)60(83)71(49)23/h24,26,33-46,48-50,73H,25,27-32H2,1-23H3,(H,61,76)(H,62,74)(H,63,75)(H,64,77)/b26-24+/t38-,39?,40+,41+,42-,43+,44+,45+,46+,48+,49?,50?/m1/s1. The first kappa shape index (κ1) is 74.9. The second-order valence-corrected chi connectivity index (χ2v) is 25.1. The van der Waals surface area contributed by atoms with Crippen LogP contribution in [0.5, 0.6) is 0 Å². The molecule has 1 saturated heterocycles. The zero-order valence-electron chi connectivity index (χ0n) is 54.5. The lowest BCUT2D eigenvalue weighted by atomic mass is 9.91. The lowest BCUT2D eigenvalue weighted by Crippen LogP contribution is -2.63. The molecule has 5 N–H and O–H groups in total. The van der Waals surface area contributed by atoms with E-state index in [0.717, 1.165) is 9.80 Å². The van der Waals surface area contributed by atoms with Crippen molar-refractivity contribution in [3.05, 3.63) is 12.2 Å². The molecule has 0 spiro atoms. The van der Waals surface area contributed by atoms with Crippen molar-refractivity contribution in [3.63, 3.8) is 0 Å². The molecule has 0 aromatic rings. The number of aliphatic hydroxyl groups is 1. The number of allylic oxidation sites excluding steroid dienone is 2. The van der Waals surface area contributed by atoms with Crippen molar-refractivity contribution < 1.29 is 57.8 Å². The van der Waals surface area contributed by atoms with Gasteiger partial charge in [-0.15, -0.1) is 0 Å². The zero-order chi connectivity index (χ0) is 64.4. The van der Waals surface area contributed by atoms with E-state index in [1.54, 1.807) is 46.8 Å². The van der Waals surface area contributed by atoms with Gasteiger partial charge in [-0.25, -0.2) is 0 Å². The van der Waals surface area contributed by atoms with Crippen molar-refractivity contribution >= 4 is 65.0 Å². The summed E-state index contributed by atoms with van der Waals surface area (Å²) in [4.78, 5) is 167. The van der Waals surface area contributed by atoms with Gasteiger partial charge in [0, 0.05) is 49.3 Å². The van der Waals surface area contributed by atoms with Crippen molar-refractivity contribution in [2.24, 2.45) is 35.5 Å². The van der Waals surface area contributed by atoms with Crippen LogP contribution >= 0.6 is 0 Å². The van der Waals surface area contributed by atoms with E-state index in [2.05, 4.69) is 21.3 Å². The third-order valence-electron chi connectivity index (χ3n) is 15.6. The van der Waals surface area contributed by atoms with Crippen LogP contribution in [0.4, 0.5) is 0 Å². The molecule has 23 nitrogen and oxygen atoms in total. The minimum absolute atomic E-state index is 0.0242. The zero-order valence-corrected chi connectivity index (χ0v) is 54.5. The summed E-state index contributed by atoms with van der Waals surface area (Å²) in [6.45, 7) is 27.3. The molecule has 0 aromatic heterocycles. The fraction of sp³-hybridized carbons (Fsp3) is 0.783. The number of amides is 11. The summed E-state index contributed by atoms with van der Waals surface area (Å²) in [5, 5.41) is 22.8. The molecule has 23 heteroatoms. The highest BCUT2D eigenvalue weighted by atomic mass is 16.3. The van der Waals surface area contributed by atoms with Gasteiger partial charge in [-0.05, 0) is 102 Å². The first-order chi connectivity index (χ1) is 38.3. The number of carbonyl (C=O) groups is 11. The van der Waals surface area contributed by atoms with Crippen molar-refractivity contribution in [1.82, 2.24) is 55.6 Å². The fourth-order valence-corrected chi connectivity index (χ4v) is 10.4. The first-order valence-electron chi connectivity index (χ1n) is 29.7. The van der Waals surface area contributed by atoms with Gasteiger partial charge in [0.05, 0.1) is 12.6 Å². The molecule has 0 aromatic carbocycles. The summed E-state index contributed by atoms with van der Waals surface area (Å²) < 4.78 is 0. The fourth-order valence-electron chi connectivity index (χ4n) is 10.4. The number of likely N-dealkylation sites (N-methyl/N-ethyl adjacent to an activating group) is 7. The van der Waals surface area contributed by atoms with Crippen LogP contribution in [0.2, 0.25) is 0 Å². The second-order valence-electron chi connectivity index (χ2n) is 25.1. The van der Waals surface area contributed by atoms with E-state index in [4.69, 9.17) is 0 Å². The largest absolute Gasteiger partial charge is 0.390 e. The van der Waals surface area contributed by atoms with Crippen molar-refractivity contribution in [2.75, 3.05) is 55.9 Å². The Labute approximate surface area is 496 Å². The molecule has 1 fully saturated rings. The Kier molecular flexibility index (Phi) is 30.7. The lowest BCUT2D eigenvalue weighted by molar-refractivity contribution is -0.157. The number of aliphatic hydroxyl groups excluding tert-OH is 1. The predicted octanol–water partition coefficient (Wildman–Crippen LogP) is 2.63. The number of carbonyl (C=O) groups excluding carboxylic acids is 11. The van der Waals surface area contributed by atoms with Crippen LogP contribution in [0.15, 0.2) is 12.2 Å². The van der Waals surface area contributed by atoms with Gasteiger partial charge in [0.25, 0.3) is 0 Å². The van der Waals surface area contributed by atoms with Crippen LogP contribution in [0.3, 0.4) is 0 Å². The SMILES string of the molecule is C/C=C/C[C@@H](C)C(O)C1C(=O)N[C@H](CC)C(=O)N(C)CC(=O)N(C)[C@@H](CC(C)C)C(=O)N[C@@H](C)C(=O)N(C)[C@@H](CC(C)C)C(=O)NC(C)C(=O)N[C@@H](C)C(=O)N(C)[C@@H](CC(C)C)C(=O)N(C)[C@@H](CC(C)C)C(=O)N(C)[C@@H](C(C)C)C(=O)N1C. The van der Waals surface area contributed by atoms with E-state index in [1.807, 2.05) is 55.4 Å². The summed E-state index contributed by atoms with van der Waals surface area (Å²) >= 11 is 0. The summed E-state index contributed by atoms with van der Waals surface area (Å²) in [6, 6.07) is -12.3. The van der Waals surface area contributed by atoms with Gasteiger partial charge < -0.3 is 60.7 Å².